The van der Waals surface area contributed by atoms with E-state index in [1.165, 1.54) is 12.1 Å². The number of nitro groups is 1. The van der Waals surface area contributed by atoms with Crippen LogP contribution in [-0.4, -0.2) is 23.3 Å². The zero-order valence-corrected chi connectivity index (χ0v) is 13.4. The second kappa shape index (κ2) is 5.55. The van der Waals surface area contributed by atoms with Crippen molar-refractivity contribution in [3.8, 4) is 0 Å². The minimum Gasteiger partial charge on any atom is -0.310 e. The van der Waals surface area contributed by atoms with E-state index < -0.39 is 4.92 Å². The fourth-order valence-corrected chi connectivity index (χ4v) is 3.10. The molecule has 0 saturated carbocycles. The molecule has 0 radical (unpaired) electrons. The summed E-state index contributed by atoms with van der Waals surface area (Å²) in [4.78, 5) is 30.7. The summed E-state index contributed by atoms with van der Waals surface area (Å²) in [6.45, 7) is 2.70. The number of anilines is 2. The molecule has 0 saturated heterocycles. The largest absolute Gasteiger partial charge is 0.310 e. The van der Waals surface area contributed by atoms with Crippen LogP contribution < -0.4 is 9.80 Å². The second-order valence-electron chi connectivity index (χ2n) is 5.66. The van der Waals surface area contributed by atoms with Crippen molar-refractivity contribution in [2.45, 2.75) is 6.92 Å². The Morgan fingerprint density at radius 3 is 2.44 bits per heavy atom. The van der Waals surface area contributed by atoms with Crippen LogP contribution in [0.3, 0.4) is 0 Å². The molecule has 0 atom stereocenters. The summed E-state index contributed by atoms with van der Waals surface area (Å²) in [5, 5.41) is 10.8. The molecule has 4 rings (SSSR count). The van der Waals surface area contributed by atoms with Crippen LogP contribution in [-0.2, 0) is 4.79 Å². The molecule has 0 aliphatic carbocycles. The summed E-state index contributed by atoms with van der Waals surface area (Å²) >= 11 is 0. The van der Waals surface area contributed by atoms with Gasteiger partial charge in [-0.15, -0.1) is 0 Å². The average Bonchev–Trinajstić information content (AvgIpc) is 3.09. The minimum absolute atomic E-state index is 0.0144. The number of rotatable bonds is 3. The van der Waals surface area contributed by atoms with Gasteiger partial charge in [-0.25, -0.2) is 0 Å². The number of hydrogen-bond donors (Lipinski definition) is 0. The van der Waals surface area contributed by atoms with Gasteiger partial charge in [-0.3, -0.25) is 19.8 Å². The molecule has 2 aromatic carbocycles. The van der Waals surface area contributed by atoms with Crippen molar-refractivity contribution in [1.29, 1.82) is 0 Å². The van der Waals surface area contributed by atoms with Gasteiger partial charge in [-0.2, -0.15) is 4.99 Å². The number of benzene rings is 2. The highest BCUT2D eigenvalue weighted by atomic mass is 16.6. The van der Waals surface area contributed by atoms with E-state index in [-0.39, 0.29) is 11.6 Å². The van der Waals surface area contributed by atoms with E-state index in [2.05, 4.69) is 4.99 Å². The van der Waals surface area contributed by atoms with Crippen molar-refractivity contribution in [1.82, 2.24) is 0 Å². The Hall–Kier alpha value is -3.48. The second-order valence-corrected chi connectivity index (χ2v) is 5.66. The molecule has 7 heteroatoms. The lowest BCUT2D eigenvalue weighted by atomic mass is 10.1. The van der Waals surface area contributed by atoms with Gasteiger partial charge in [-0.1, -0.05) is 12.1 Å². The molecule has 2 aromatic rings. The molecule has 7 nitrogen and oxygen atoms in total. The van der Waals surface area contributed by atoms with Gasteiger partial charge >= 0.3 is 0 Å². The summed E-state index contributed by atoms with van der Waals surface area (Å²) < 4.78 is 0. The molecule has 0 bridgehead atoms. The van der Waals surface area contributed by atoms with Gasteiger partial charge in [0, 0.05) is 18.7 Å². The topological polar surface area (TPSA) is 79.0 Å². The molecular formula is C18H14N4O3. The van der Waals surface area contributed by atoms with E-state index >= 15 is 0 Å². The van der Waals surface area contributed by atoms with Crippen LogP contribution in [0.1, 0.15) is 12.5 Å². The summed E-state index contributed by atoms with van der Waals surface area (Å²) in [5.74, 6) is 0.281. The van der Waals surface area contributed by atoms with Crippen molar-refractivity contribution in [3.63, 3.8) is 0 Å². The summed E-state index contributed by atoms with van der Waals surface area (Å²) in [7, 11) is 0. The number of hydrogen-bond acceptors (Lipinski definition) is 5. The number of fused-ring (bicyclic) bond motifs is 3. The van der Waals surface area contributed by atoms with Crippen LogP contribution >= 0.6 is 0 Å². The number of aliphatic imine (C=N–C) groups is 1. The number of non-ortho nitro benzene ring substituents is 1. The lowest BCUT2D eigenvalue weighted by Gasteiger charge is -2.16. The van der Waals surface area contributed by atoms with Gasteiger partial charge < -0.3 is 4.90 Å². The highest BCUT2D eigenvalue weighted by molar-refractivity contribution is 6.31. The predicted octanol–water partition coefficient (Wildman–Crippen LogP) is 3.18. The number of carbonyl (C=O) groups is 1. The van der Waals surface area contributed by atoms with Crippen LogP contribution in [0.2, 0.25) is 0 Å². The molecule has 0 N–H and O–H groups in total. The fraction of sp³-hybridized carbons (Fsp3) is 0.111. The molecule has 0 unspecified atom stereocenters. The molecule has 124 valence electrons. The van der Waals surface area contributed by atoms with E-state index in [9.17, 15) is 14.9 Å². The lowest BCUT2D eigenvalue weighted by Crippen LogP contribution is -2.34. The molecular weight excluding hydrogens is 320 g/mol. The van der Waals surface area contributed by atoms with Crippen LogP contribution in [0.4, 0.5) is 17.1 Å². The Kier molecular flexibility index (Phi) is 3.35. The van der Waals surface area contributed by atoms with Crippen molar-refractivity contribution in [2.24, 2.45) is 4.99 Å². The van der Waals surface area contributed by atoms with Crippen molar-refractivity contribution in [3.05, 3.63) is 69.9 Å². The third kappa shape index (κ3) is 2.28. The Morgan fingerprint density at radius 2 is 1.80 bits per heavy atom. The van der Waals surface area contributed by atoms with Gasteiger partial charge in [-0.05, 0) is 42.8 Å². The van der Waals surface area contributed by atoms with Crippen LogP contribution in [0, 0.1) is 10.1 Å². The standard InChI is InChI=1S/C18H14N4O3/c1-2-20-14-5-3-4-6-15(14)21-16(17(23)19-18(20)21)11-12-7-9-13(10-8-12)22(24)25/h3-11H,2H2,1H3/b16-11+. The number of carbonyl (C=O) groups excluding carboxylic acids is 1. The van der Waals surface area contributed by atoms with Gasteiger partial charge in [0.25, 0.3) is 11.6 Å². The quantitative estimate of drug-likeness (QED) is 0.489. The number of guanidine groups is 1. The minimum atomic E-state index is -0.450. The normalized spacial score (nSPS) is 16.9. The van der Waals surface area contributed by atoms with Crippen LogP contribution in [0.5, 0.6) is 0 Å². The Morgan fingerprint density at radius 1 is 1.12 bits per heavy atom. The number of para-hydroxylation sites is 2. The average molecular weight is 334 g/mol. The smallest absolute Gasteiger partial charge is 0.297 e. The molecule has 2 heterocycles. The van der Waals surface area contributed by atoms with E-state index in [1.54, 1.807) is 18.2 Å². The van der Waals surface area contributed by atoms with E-state index in [1.807, 2.05) is 41.0 Å². The first-order chi connectivity index (χ1) is 12.1. The Balaban J connectivity index is 1.77. The molecule has 25 heavy (non-hydrogen) atoms. The molecule has 0 fully saturated rings. The Labute approximate surface area is 143 Å². The lowest BCUT2D eigenvalue weighted by molar-refractivity contribution is -0.384. The van der Waals surface area contributed by atoms with E-state index in [4.69, 9.17) is 0 Å². The zero-order valence-electron chi connectivity index (χ0n) is 13.4. The van der Waals surface area contributed by atoms with Crippen molar-refractivity contribution < 1.29 is 9.72 Å². The summed E-state index contributed by atoms with van der Waals surface area (Å²) in [6, 6.07) is 13.9. The summed E-state index contributed by atoms with van der Waals surface area (Å²) in [5.41, 5.74) is 3.07. The third-order valence-corrected chi connectivity index (χ3v) is 4.24. The van der Waals surface area contributed by atoms with Crippen LogP contribution in [0.15, 0.2) is 59.2 Å². The van der Waals surface area contributed by atoms with Gasteiger partial charge in [0.05, 0.1) is 16.3 Å². The molecule has 0 aromatic heterocycles. The monoisotopic (exact) mass is 334 g/mol. The van der Waals surface area contributed by atoms with E-state index in [0.29, 0.717) is 23.8 Å². The number of amides is 1. The molecule has 2 aliphatic rings. The highest BCUT2D eigenvalue weighted by Gasteiger charge is 2.41. The molecule has 0 spiro atoms. The Bertz CT molecular complexity index is 947. The maximum Gasteiger partial charge on any atom is 0.297 e. The maximum absolute atomic E-state index is 12.4. The number of nitrogens with zero attached hydrogens (tertiary/aromatic N) is 4. The van der Waals surface area contributed by atoms with Gasteiger partial charge in [0.15, 0.2) is 0 Å². The fourth-order valence-electron chi connectivity index (χ4n) is 3.10. The van der Waals surface area contributed by atoms with Gasteiger partial charge in [0.1, 0.15) is 5.70 Å². The zero-order chi connectivity index (χ0) is 17.6. The first kappa shape index (κ1) is 15.1. The molecule has 1 amide bonds. The summed E-state index contributed by atoms with van der Waals surface area (Å²) in [6.07, 6.45) is 1.71. The number of nitro benzene ring substituents is 1. The van der Waals surface area contributed by atoms with Crippen molar-refractivity contribution in [2.75, 3.05) is 16.3 Å². The van der Waals surface area contributed by atoms with E-state index in [0.717, 1.165) is 11.4 Å². The predicted molar refractivity (Wildman–Crippen MR) is 95.5 cm³/mol. The highest BCUT2D eigenvalue weighted by Crippen LogP contribution is 2.42. The third-order valence-electron chi connectivity index (χ3n) is 4.24. The SMILES string of the molecule is CCN1C2=NC(=O)/C(=C\c3ccc([N+](=O)[O-])cc3)N2c2ccccc21. The first-order valence-corrected chi connectivity index (χ1v) is 7.86. The maximum atomic E-state index is 12.4. The van der Waals surface area contributed by atoms with Crippen molar-refractivity contribution >= 4 is 35.0 Å². The van der Waals surface area contributed by atoms with Gasteiger partial charge in [0.2, 0.25) is 5.96 Å². The molecule has 2 aliphatic heterocycles. The first-order valence-electron chi connectivity index (χ1n) is 7.86. The van der Waals surface area contributed by atoms with Crippen LogP contribution in [0.25, 0.3) is 6.08 Å².